The summed E-state index contributed by atoms with van der Waals surface area (Å²) >= 11 is 5.18. The molecule has 2 heterocycles. The lowest BCUT2D eigenvalue weighted by Gasteiger charge is -2.32. The van der Waals surface area contributed by atoms with Crippen LogP contribution in [0.25, 0.3) is 5.69 Å². The SMILES string of the molecule is Cc1cc(C(=O)COC(=O)CCN2c3ccccc3Sc3ccccc32)c(C)n1-c1ccc(Br)cc1. The van der Waals surface area contributed by atoms with Crippen molar-refractivity contribution in [1.29, 1.82) is 0 Å². The van der Waals surface area contributed by atoms with Crippen molar-refractivity contribution in [3.05, 3.63) is 100 Å². The third-order valence-corrected chi connectivity index (χ3v) is 7.91. The Kier molecular flexibility index (Phi) is 7.03. The second kappa shape index (κ2) is 10.4. The summed E-state index contributed by atoms with van der Waals surface area (Å²) in [6.45, 7) is 4.07. The number of halogens is 1. The Morgan fingerprint density at radius 1 is 0.889 bits per heavy atom. The lowest BCUT2D eigenvalue weighted by atomic mass is 10.1. The molecular formula is C29H25BrN2O3S. The first-order valence-corrected chi connectivity index (χ1v) is 13.3. The molecule has 0 unspecified atom stereocenters. The Balaban J connectivity index is 1.24. The molecule has 3 aromatic carbocycles. The van der Waals surface area contributed by atoms with Crippen LogP contribution in [-0.4, -0.2) is 29.5 Å². The standard InChI is InChI=1S/C29H25BrN2O3S/c1-19-17-23(20(2)32(19)22-13-11-21(30)12-14-22)26(33)18-35-29(34)15-16-31-24-7-3-5-9-27(24)36-28-10-6-4-8-25(28)31/h3-14,17H,15-16,18H2,1-2H3. The summed E-state index contributed by atoms with van der Waals surface area (Å²) in [4.78, 5) is 30.0. The summed E-state index contributed by atoms with van der Waals surface area (Å²) in [6.07, 6.45) is 0.179. The van der Waals surface area contributed by atoms with Crippen molar-refractivity contribution >= 4 is 50.8 Å². The molecule has 0 bridgehead atoms. The molecule has 1 aliphatic rings. The van der Waals surface area contributed by atoms with E-state index in [-0.39, 0.29) is 18.8 Å². The number of Topliss-reactive ketones (excluding diaryl/α,β-unsaturated/α-hetero) is 1. The normalized spacial score (nSPS) is 12.1. The average molecular weight is 562 g/mol. The fraction of sp³-hybridized carbons (Fsp3) is 0.172. The van der Waals surface area contributed by atoms with Gasteiger partial charge in [0.2, 0.25) is 5.78 Å². The number of rotatable bonds is 7. The molecular weight excluding hydrogens is 536 g/mol. The van der Waals surface area contributed by atoms with Crippen LogP contribution in [0.15, 0.2) is 93.1 Å². The average Bonchev–Trinajstić information content (AvgIpc) is 3.19. The van der Waals surface area contributed by atoms with Crippen molar-refractivity contribution in [2.75, 3.05) is 18.1 Å². The Morgan fingerprint density at radius 3 is 2.14 bits per heavy atom. The monoisotopic (exact) mass is 560 g/mol. The maximum absolute atomic E-state index is 12.9. The van der Waals surface area contributed by atoms with Crippen LogP contribution in [0, 0.1) is 13.8 Å². The molecule has 5 rings (SSSR count). The van der Waals surface area contributed by atoms with Gasteiger partial charge in [0.15, 0.2) is 6.61 Å². The summed E-state index contributed by atoms with van der Waals surface area (Å²) in [5, 5.41) is 0. The van der Waals surface area contributed by atoms with E-state index < -0.39 is 5.97 Å². The first kappa shape index (κ1) is 24.4. The zero-order valence-corrected chi connectivity index (χ0v) is 22.4. The number of ether oxygens (including phenoxy) is 1. The molecule has 4 aromatic rings. The Morgan fingerprint density at radius 2 is 1.50 bits per heavy atom. The zero-order valence-electron chi connectivity index (χ0n) is 20.0. The maximum atomic E-state index is 12.9. The number of nitrogens with zero attached hydrogens (tertiary/aromatic N) is 2. The van der Waals surface area contributed by atoms with Crippen molar-refractivity contribution in [1.82, 2.24) is 4.57 Å². The predicted octanol–water partition coefficient (Wildman–Crippen LogP) is 7.28. The summed E-state index contributed by atoms with van der Waals surface area (Å²) in [5.41, 5.74) is 5.47. The van der Waals surface area contributed by atoms with E-state index in [4.69, 9.17) is 4.74 Å². The lowest BCUT2D eigenvalue weighted by Crippen LogP contribution is -2.25. The van der Waals surface area contributed by atoms with Crippen LogP contribution in [0.5, 0.6) is 0 Å². The minimum atomic E-state index is -0.391. The fourth-order valence-corrected chi connectivity index (χ4v) is 5.91. The van der Waals surface area contributed by atoms with Gasteiger partial charge >= 0.3 is 5.97 Å². The first-order chi connectivity index (χ1) is 17.4. The van der Waals surface area contributed by atoms with Crippen molar-refractivity contribution in [2.24, 2.45) is 0 Å². The fourth-order valence-electron chi connectivity index (χ4n) is 4.55. The van der Waals surface area contributed by atoms with Gasteiger partial charge in [0.1, 0.15) is 0 Å². The molecule has 36 heavy (non-hydrogen) atoms. The molecule has 7 heteroatoms. The smallest absolute Gasteiger partial charge is 0.308 e. The van der Waals surface area contributed by atoms with Gasteiger partial charge in [-0.15, -0.1) is 0 Å². The Hall–Kier alpha value is -3.29. The Labute approximate surface area is 223 Å². The molecule has 182 valence electrons. The van der Waals surface area contributed by atoms with Gasteiger partial charge in [0.25, 0.3) is 0 Å². The molecule has 5 nitrogen and oxygen atoms in total. The van der Waals surface area contributed by atoms with Gasteiger partial charge in [0.05, 0.1) is 17.8 Å². The summed E-state index contributed by atoms with van der Waals surface area (Å²) < 4.78 is 8.44. The van der Waals surface area contributed by atoms with E-state index in [0.29, 0.717) is 12.1 Å². The van der Waals surface area contributed by atoms with Crippen molar-refractivity contribution in [3.63, 3.8) is 0 Å². The molecule has 0 radical (unpaired) electrons. The first-order valence-electron chi connectivity index (χ1n) is 11.7. The van der Waals surface area contributed by atoms with Crippen LogP contribution >= 0.6 is 27.7 Å². The summed E-state index contributed by atoms with van der Waals surface area (Å²) in [7, 11) is 0. The quantitative estimate of drug-likeness (QED) is 0.175. The lowest BCUT2D eigenvalue weighted by molar-refractivity contribution is -0.142. The van der Waals surface area contributed by atoms with E-state index in [0.717, 1.165) is 42.7 Å². The number of anilines is 2. The van der Waals surface area contributed by atoms with E-state index in [1.54, 1.807) is 11.8 Å². The van der Waals surface area contributed by atoms with E-state index in [1.165, 1.54) is 0 Å². The van der Waals surface area contributed by atoms with Crippen LogP contribution in [0.1, 0.15) is 28.2 Å². The molecule has 0 aliphatic carbocycles. The van der Waals surface area contributed by atoms with Gasteiger partial charge in [-0.25, -0.2) is 0 Å². The predicted molar refractivity (Wildman–Crippen MR) is 147 cm³/mol. The van der Waals surface area contributed by atoms with Gasteiger partial charge in [-0.3, -0.25) is 9.59 Å². The largest absolute Gasteiger partial charge is 0.457 e. The number of aromatic nitrogens is 1. The van der Waals surface area contributed by atoms with Crippen LogP contribution in [-0.2, 0) is 9.53 Å². The van der Waals surface area contributed by atoms with Crippen LogP contribution < -0.4 is 4.90 Å². The molecule has 1 aliphatic heterocycles. The summed E-state index contributed by atoms with van der Waals surface area (Å²) in [6, 6.07) is 26.1. The number of hydrogen-bond donors (Lipinski definition) is 0. The highest BCUT2D eigenvalue weighted by molar-refractivity contribution is 9.10. The molecule has 0 amide bonds. The minimum absolute atomic E-state index is 0.179. The molecule has 0 spiro atoms. The molecule has 0 fully saturated rings. The van der Waals surface area contributed by atoms with E-state index in [9.17, 15) is 9.59 Å². The highest BCUT2D eigenvalue weighted by Crippen LogP contribution is 2.47. The second-order valence-electron chi connectivity index (χ2n) is 8.62. The number of fused-ring (bicyclic) bond motifs is 2. The molecule has 0 atom stereocenters. The number of benzene rings is 3. The third kappa shape index (κ3) is 4.86. The highest BCUT2D eigenvalue weighted by Gasteiger charge is 2.24. The van der Waals surface area contributed by atoms with Gasteiger partial charge in [0, 0.05) is 43.4 Å². The van der Waals surface area contributed by atoms with Gasteiger partial charge in [-0.05, 0) is 68.4 Å². The van der Waals surface area contributed by atoms with E-state index in [2.05, 4.69) is 45.1 Å². The van der Waals surface area contributed by atoms with E-state index >= 15 is 0 Å². The maximum Gasteiger partial charge on any atom is 0.308 e. The van der Waals surface area contributed by atoms with Gasteiger partial charge < -0.3 is 14.2 Å². The molecule has 0 N–H and O–H groups in total. The summed E-state index contributed by atoms with van der Waals surface area (Å²) in [5.74, 6) is -0.594. The molecule has 0 saturated heterocycles. The van der Waals surface area contributed by atoms with Crippen molar-refractivity contribution in [3.8, 4) is 5.69 Å². The number of hydrogen-bond acceptors (Lipinski definition) is 5. The van der Waals surface area contributed by atoms with Crippen molar-refractivity contribution < 1.29 is 14.3 Å². The molecule has 0 saturated carbocycles. The molecule has 1 aromatic heterocycles. The van der Waals surface area contributed by atoms with Crippen molar-refractivity contribution in [2.45, 2.75) is 30.1 Å². The number of carbonyl (C=O) groups excluding carboxylic acids is 2. The van der Waals surface area contributed by atoms with Crippen LogP contribution in [0.2, 0.25) is 0 Å². The number of ketones is 1. The van der Waals surface area contributed by atoms with Crippen LogP contribution in [0.3, 0.4) is 0 Å². The number of esters is 1. The minimum Gasteiger partial charge on any atom is -0.457 e. The van der Waals surface area contributed by atoms with Crippen LogP contribution in [0.4, 0.5) is 11.4 Å². The topological polar surface area (TPSA) is 51.5 Å². The number of aryl methyl sites for hydroxylation is 1. The number of para-hydroxylation sites is 2. The number of carbonyl (C=O) groups is 2. The highest BCUT2D eigenvalue weighted by atomic mass is 79.9. The Bertz CT molecular complexity index is 1400. The second-order valence-corrected chi connectivity index (χ2v) is 10.6. The zero-order chi connectivity index (χ0) is 25.2. The third-order valence-electron chi connectivity index (χ3n) is 6.25. The van der Waals surface area contributed by atoms with E-state index in [1.807, 2.05) is 73.0 Å². The van der Waals surface area contributed by atoms with Gasteiger partial charge in [-0.2, -0.15) is 0 Å². The van der Waals surface area contributed by atoms with Gasteiger partial charge in [-0.1, -0.05) is 52.0 Å².